The largest absolute Gasteiger partial charge is 0.323 e. The number of hydrogen-bond donors (Lipinski definition) is 3. The van der Waals surface area contributed by atoms with Gasteiger partial charge in [0.25, 0.3) is 5.56 Å². The van der Waals surface area contributed by atoms with Gasteiger partial charge in [-0.25, -0.2) is 4.79 Å². The van der Waals surface area contributed by atoms with Crippen molar-refractivity contribution < 1.29 is 4.79 Å². The summed E-state index contributed by atoms with van der Waals surface area (Å²) in [6, 6.07) is 18.4. The van der Waals surface area contributed by atoms with Gasteiger partial charge in [-0.2, -0.15) is 0 Å². The Kier molecular flexibility index (Phi) is 4.12. The van der Waals surface area contributed by atoms with Gasteiger partial charge in [-0.3, -0.25) is 4.79 Å². The van der Waals surface area contributed by atoms with Crippen LogP contribution >= 0.6 is 0 Å². The normalized spacial score (nSPS) is 10.9. The van der Waals surface area contributed by atoms with Gasteiger partial charge in [-0.15, -0.1) is 0 Å². The first-order chi connectivity index (χ1) is 13.0. The fourth-order valence-electron chi connectivity index (χ4n) is 3.48. The van der Waals surface area contributed by atoms with Crippen LogP contribution in [0.4, 0.5) is 16.2 Å². The quantitative estimate of drug-likeness (QED) is 0.444. The van der Waals surface area contributed by atoms with Gasteiger partial charge < -0.3 is 15.6 Å². The molecular formula is C22H19N3O2. The van der Waals surface area contributed by atoms with Crippen LogP contribution in [0.15, 0.2) is 65.5 Å². The Hall–Kier alpha value is -3.60. The molecular weight excluding hydrogens is 338 g/mol. The van der Waals surface area contributed by atoms with Crippen molar-refractivity contribution in [3.63, 3.8) is 0 Å². The summed E-state index contributed by atoms with van der Waals surface area (Å²) in [5.41, 5.74) is 3.73. The van der Waals surface area contributed by atoms with E-state index in [9.17, 15) is 9.59 Å². The fraction of sp³-hybridized carbons (Fsp3) is 0.0909. The standard InChI is InChI=1S/C22H19N3O2/c1-13-11-14(2)19-17(12-13)16-9-6-10-18(20(16)25-21(19)26)24-22(27)23-15-7-4-3-5-8-15/h3-12H,1-2H3,(H,25,26)(H2,23,24,27). The van der Waals surface area contributed by atoms with Crippen LogP contribution in [0.3, 0.4) is 0 Å². The zero-order valence-electron chi connectivity index (χ0n) is 15.1. The molecule has 5 nitrogen and oxygen atoms in total. The number of benzene rings is 3. The zero-order chi connectivity index (χ0) is 19.0. The number of carbonyl (C=O) groups is 1. The Labute approximate surface area is 156 Å². The average molecular weight is 357 g/mol. The van der Waals surface area contributed by atoms with Gasteiger partial charge in [0, 0.05) is 11.1 Å². The predicted octanol–water partition coefficient (Wildman–Crippen LogP) is 4.94. The summed E-state index contributed by atoms with van der Waals surface area (Å²) in [5.74, 6) is 0. The van der Waals surface area contributed by atoms with Crippen LogP contribution in [0.2, 0.25) is 0 Å². The summed E-state index contributed by atoms with van der Waals surface area (Å²) in [7, 11) is 0. The predicted molar refractivity (Wildman–Crippen MR) is 111 cm³/mol. The molecule has 0 fully saturated rings. The molecule has 0 atom stereocenters. The van der Waals surface area contributed by atoms with Gasteiger partial charge in [-0.1, -0.05) is 48.0 Å². The van der Waals surface area contributed by atoms with E-state index in [1.807, 2.05) is 68.4 Å². The third-order valence-corrected chi connectivity index (χ3v) is 4.58. The van der Waals surface area contributed by atoms with Crippen molar-refractivity contribution in [2.24, 2.45) is 0 Å². The smallest absolute Gasteiger partial charge is 0.320 e. The molecule has 0 saturated heterocycles. The van der Waals surface area contributed by atoms with Gasteiger partial charge in [0.2, 0.25) is 0 Å². The van der Waals surface area contributed by atoms with Gasteiger partial charge in [0.15, 0.2) is 0 Å². The lowest BCUT2D eigenvalue weighted by atomic mass is 9.99. The molecule has 2 amide bonds. The Bertz CT molecular complexity index is 1230. The first-order valence-corrected chi connectivity index (χ1v) is 8.72. The highest BCUT2D eigenvalue weighted by molar-refractivity contribution is 6.12. The number of nitrogens with one attached hydrogen (secondary N) is 3. The van der Waals surface area contributed by atoms with Crippen LogP contribution in [0, 0.1) is 13.8 Å². The number of aryl methyl sites for hydroxylation is 2. The molecule has 1 heterocycles. The van der Waals surface area contributed by atoms with Crippen LogP contribution < -0.4 is 16.2 Å². The Morgan fingerprint density at radius 3 is 2.44 bits per heavy atom. The van der Waals surface area contributed by atoms with Gasteiger partial charge in [0.1, 0.15) is 0 Å². The third kappa shape index (κ3) is 3.15. The van der Waals surface area contributed by atoms with Crippen LogP contribution in [0.1, 0.15) is 11.1 Å². The van der Waals surface area contributed by atoms with E-state index in [0.717, 1.165) is 21.9 Å². The summed E-state index contributed by atoms with van der Waals surface area (Å²) in [6.45, 7) is 3.95. The lowest BCUT2D eigenvalue weighted by Crippen LogP contribution is -2.20. The number of H-pyrrole nitrogens is 1. The number of rotatable bonds is 2. The molecule has 0 saturated carbocycles. The maximum atomic E-state index is 12.7. The van der Waals surface area contributed by atoms with Gasteiger partial charge in [-0.05, 0) is 43.0 Å². The second-order valence-electron chi connectivity index (χ2n) is 6.63. The number of amides is 2. The number of aromatic nitrogens is 1. The number of anilines is 2. The fourth-order valence-corrected chi connectivity index (χ4v) is 3.48. The topological polar surface area (TPSA) is 74.0 Å². The lowest BCUT2D eigenvalue weighted by molar-refractivity contribution is 0.262. The maximum Gasteiger partial charge on any atom is 0.323 e. The lowest BCUT2D eigenvalue weighted by Gasteiger charge is -2.12. The Morgan fingerprint density at radius 1 is 0.889 bits per heavy atom. The molecule has 0 unspecified atom stereocenters. The van der Waals surface area contributed by atoms with Gasteiger partial charge in [0.05, 0.1) is 16.6 Å². The molecule has 1 aromatic heterocycles. The molecule has 3 aromatic carbocycles. The molecule has 0 aliphatic heterocycles. The average Bonchev–Trinajstić information content (AvgIpc) is 2.62. The second kappa shape index (κ2) is 6.61. The maximum absolute atomic E-state index is 12.7. The second-order valence-corrected chi connectivity index (χ2v) is 6.63. The molecule has 4 rings (SSSR count). The minimum absolute atomic E-state index is 0.160. The van der Waals surface area contributed by atoms with Crippen molar-refractivity contribution in [3.8, 4) is 0 Å². The molecule has 0 bridgehead atoms. The summed E-state index contributed by atoms with van der Waals surface area (Å²) in [4.78, 5) is 28.0. The minimum atomic E-state index is -0.366. The molecule has 0 radical (unpaired) electrons. The van der Waals surface area contributed by atoms with Crippen molar-refractivity contribution in [1.82, 2.24) is 4.98 Å². The molecule has 0 aliphatic carbocycles. The molecule has 5 heteroatoms. The van der Waals surface area contributed by atoms with E-state index >= 15 is 0 Å². The molecule has 0 spiro atoms. The van der Waals surface area contributed by atoms with E-state index in [2.05, 4.69) is 15.6 Å². The van der Waals surface area contributed by atoms with E-state index in [4.69, 9.17) is 0 Å². The van der Waals surface area contributed by atoms with E-state index in [-0.39, 0.29) is 11.6 Å². The summed E-state index contributed by atoms with van der Waals surface area (Å²) < 4.78 is 0. The van der Waals surface area contributed by atoms with E-state index in [1.54, 1.807) is 6.07 Å². The number of pyridine rings is 1. The summed E-state index contributed by atoms with van der Waals surface area (Å²) in [6.07, 6.45) is 0. The summed E-state index contributed by atoms with van der Waals surface area (Å²) in [5, 5.41) is 8.08. The molecule has 4 aromatic rings. The first kappa shape index (κ1) is 16.8. The Balaban J connectivity index is 1.80. The van der Waals surface area contributed by atoms with Crippen molar-refractivity contribution >= 4 is 39.1 Å². The van der Waals surface area contributed by atoms with Crippen molar-refractivity contribution in [2.75, 3.05) is 10.6 Å². The highest BCUT2D eigenvalue weighted by Crippen LogP contribution is 2.29. The number of urea groups is 1. The molecule has 3 N–H and O–H groups in total. The molecule has 0 aliphatic rings. The number of carbonyl (C=O) groups excluding carboxylic acids is 1. The third-order valence-electron chi connectivity index (χ3n) is 4.58. The highest BCUT2D eigenvalue weighted by atomic mass is 16.2. The number of hydrogen-bond acceptors (Lipinski definition) is 2. The van der Waals surface area contributed by atoms with Crippen molar-refractivity contribution in [1.29, 1.82) is 0 Å². The zero-order valence-corrected chi connectivity index (χ0v) is 15.1. The monoisotopic (exact) mass is 357 g/mol. The molecule has 134 valence electrons. The SMILES string of the molecule is Cc1cc(C)c2c(=O)[nH]c3c(NC(=O)Nc4ccccc4)cccc3c2c1. The minimum Gasteiger partial charge on any atom is -0.320 e. The van der Waals surface area contributed by atoms with Crippen LogP contribution in [-0.2, 0) is 0 Å². The van der Waals surface area contributed by atoms with Gasteiger partial charge >= 0.3 is 6.03 Å². The highest BCUT2D eigenvalue weighted by Gasteiger charge is 2.12. The van der Waals surface area contributed by atoms with Crippen LogP contribution in [0.25, 0.3) is 21.7 Å². The number of fused-ring (bicyclic) bond motifs is 3. The van der Waals surface area contributed by atoms with E-state index in [1.165, 1.54) is 0 Å². The van der Waals surface area contributed by atoms with Crippen LogP contribution in [-0.4, -0.2) is 11.0 Å². The Morgan fingerprint density at radius 2 is 1.67 bits per heavy atom. The number of para-hydroxylation sites is 2. The molecule has 27 heavy (non-hydrogen) atoms. The summed E-state index contributed by atoms with van der Waals surface area (Å²) >= 11 is 0. The van der Waals surface area contributed by atoms with Crippen LogP contribution in [0.5, 0.6) is 0 Å². The van der Waals surface area contributed by atoms with E-state index < -0.39 is 0 Å². The first-order valence-electron chi connectivity index (χ1n) is 8.72. The van der Waals surface area contributed by atoms with Crippen molar-refractivity contribution in [2.45, 2.75) is 13.8 Å². The van der Waals surface area contributed by atoms with Crippen molar-refractivity contribution in [3.05, 3.63) is 82.1 Å². The number of aromatic amines is 1. The van der Waals surface area contributed by atoms with E-state index in [0.29, 0.717) is 22.3 Å².